The molecule has 2 fully saturated rings. The molecule has 0 aliphatic carbocycles. The second-order valence-electron chi connectivity index (χ2n) is 8.05. The van der Waals surface area contributed by atoms with E-state index in [4.69, 9.17) is 0 Å². The number of likely N-dealkylation sites (tertiary alicyclic amines) is 2. The van der Waals surface area contributed by atoms with Crippen LogP contribution in [0.2, 0.25) is 0 Å². The van der Waals surface area contributed by atoms with Crippen molar-refractivity contribution in [2.45, 2.75) is 38.8 Å². The number of benzene rings is 1. The van der Waals surface area contributed by atoms with Crippen molar-refractivity contribution in [1.82, 2.24) is 14.8 Å². The first kappa shape index (κ1) is 18.0. The number of amides is 1. The van der Waals surface area contributed by atoms with Gasteiger partial charge in [0, 0.05) is 56.0 Å². The molecule has 2 aliphatic heterocycles. The van der Waals surface area contributed by atoms with Crippen LogP contribution in [-0.4, -0.2) is 45.4 Å². The molecule has 4 rings (SSSR count). The molecule has 27 heavy (non-hydrogen) atoms. The largest absolute Gasteiger partial charge is 0.508 e. The Hall–Kier alpha value is -2.40. The van der Waals surface area contributed by atoms with Gasteiger partial charge >= 0.3 is 0 Å². The maximum absolute atomic E-state index is 12.5. The summed E-state index contributed by atoms with van der Waals surface area (Å²) >= 11 is 0. The number of hydrogen-bond acceptors (Lipinski definition) is 4. The van der Waals surface area contributed by atoms with Crippen molar-refractivity contribution in [3.05, 3.63) is 59.9 Å². The average Bonchev–Trinajstić information content (AvgIpc) is 2.68. The smallest absolute Gasteiger partial charge is 0.222 e. The molecule has 1 aromatic heterocycles. The summed E-state index contributed by atoms with van der Waals surface area (Å²) in [6, 6.07) is 11.6. The van der Waals surface area contributed by atoms with E-state index in [2.05, 4.69) is 9.88 Å². The summed E-state index contributed by atoms with van der Waals surface area (Å²) in [7, 11) is 0. The zero-order valence-electron chi connectivity index (χ0n) is 15.7. The van der Waals surface area contributed by atoms with Gasteiger partial charge in [-0.15, -0.1) is 0 Å². The third kappa shape index (κ3) is 4.14. The van der Waals surface area contributed by atoms with Crippen LogP contribution >= 0.6 is 0 Å². The molecule has 1 atom stereocenters. The molecule has 0 bridgehead atoms. The number of rotatable bonds is 4. The predicted molar refractivity (Wildman–Crippen MR) is 104 cm³/mol. The Balaban J connectivity index is 1.45. The number of aromatic hydroxyl groups is 1. The molecule has 1 aromatic carbocycles. The highest BCUT2D eigenvalue weighted by molar-refractivity contribution is 5.77. The maximum atomic E-state index is 12.5. The number of aromatic nitrogens is 1. The lowest BCUT2D eigenvalue weighted by atomic mass is 9.73. The van der Waals surface area contributed by atoms with Crippen LogP contribution in [0.25, 0.3) is 0 Å². The SMILES string of the molecule is O=C1CC[C@]2(CCCN(Cc3ccccc3O)C2)CN1Cc1ccncc1. The van der Waals surface area contributed by atoms with Crippen molar-refractivity contribution in [3.63, 3.8) is 0 Å². The van der Waals surface area contributed by atoms with Gasteiger partial charge in [0.15, 0.2) is 0 Å². The third-order valence-electron chi connectivity index (χ3n) is 6.00. The molecule has 2 saturated heterocycles. The summed E-state index contributed by atoms with van der Waals surface area (Å²) in [5.74, 6) is 0.630. The first-order chi connectivity index (χ1) is 13.1. The van der Waals surface area contributed by atoms with Gasteiger partial charge in [0.05, 0.1) is 0 Å². The lowest BCUT2D eigenvalue weighted by Gasteiger charge is -2.48. The molecular weight excluding hydrogens is 338 g/mol. The van der Waals surface area contributed by atoms with Gasteiger partial charge in [-0.05, 0) is 49.6 Å². The minimum atomic E-state index is 0.170. The molecule has 142 valence electrons. The Kier molecular flexibility index (Phi) is 5.12. The molecule has 0 unspecified atom stereocenters. The lowest BCUT2D eigenvalue weighted by molar-refractivity contribution is -0.140. The second-order valence-corrected chi connectivity index (χ2v) is 8.05. The fourth-order valence-electron chi connectivity index (χ4n) is 4.62. The second kappa shape index (κ2) is 7.69. The van der Waals surface area contributed by atoms with Crippen LogP contribution in [-0.2, 0) is 17.9 Å². The Labute approximate surface area is 160 Å². The van der Waals surface area contributed by atoms with Crippen molar-refractivity contribution >= 4 is 5.91 Å². The Morgan fingerprint density at radius 3 is 2.67 bits per heavy atom. The van der Waals surface area contributed by atoms with Gasteiger partial charge in [0.1, 0.15) is 5.75 Å². The zero-order valence-corrected chi connectivity index (χ0v) is 15.7. The lowest BCUT2D eigenvalue weighted by Crippen LogP contribution is -2.53. The Morgan fingerprint density at radius 1 is 1.04 bits per heavy atom. The van der Waals surface area contributed by atoms with Crippen molar-refractivity contribution in [3.8, 4) is 5.75 Å². The number of hydrogen-bond donors (Lipinski definition) is 1. The van der Waals surface area contributed by atoms with Crippen LogP contribution in [0.3, 0.4) is 0 Å². The van der Waals surface area contributed by atoms with Gasteiger partial charge in [-0.1, -0.05) is 18.2 Å². The molecule has 1 N–H and O–H groups in total. The molecule has 5 heteroatoms. The minimum absolute atomic E-state index is 0.170. The Bertz CT molecular complexity index is 795. The van der Waals surface area contributed by atoms with Crippen LogP contribution in [0.15, 0.2) is 48.8 Å². The molecule has 1 spiro atoms. The highest BCUT2D eigenvalue weighted by Crippen LogP contribution is 2.40. The average molecular weight is 365 g/mol. The molecule has 0 radical (unpaired) electrons. The van der Waals surface area contributed by atoms with Crippen molar-refractivity contribution in [1.29, 1.82) is 0 Å². The van der Waals surface area contributed by atoms with E-state index < -0.39 is 0 Å². The van der Waals surface area contributed by atoms with Gasteiger partial charge < -0.3 is 10.0 Å². The summed E-state index contributed by atoms with van der Waals surface area (Å²) in [5, 5.41) is 10.1. The number of carbonyl (C=O) groups excluding carboxylic acids is 1. The number of pyridine rings is 1. The number of para-hydroxylation sites is 1. The van der Waals surface area contributed by atoms with Crippen molar-refractivity contribution < 1.29 is 9.90 Å². The molecule has 1 amide bonds. The van der Waals surface area contributed by atoms with Gasteiger partial charge in [-0.25, -0.2) is 0 Å². The number of phenols is 1. The van der Waals surface area contributed by atoms with Gasteiger partial charge in [0.2, 0.25) is 5.91 Å². The van der Waals surface area contributed by atoms with E-state index in [-0.39, 0.29) is 11.3 Å². The quantitative estimate of drug-likeness (QED) is 0.904. The summed E-state index contributed by atoms with van der Waals surface area (Å²) in [5.41, 5.74) is 2.29. The van der Waals surface area contributed by atoms with E-state index in [0.717, 1.165) is 50.1 Å². The molecule has 3 heterocycles. The number of carbonyl (C=O) groups is 1. The van der Waals surface area contributed by atoms with Crippen molar-refractivity contribution in [2.24, 2.45) is 5.41 Å². The summed E-state index contributed by atoms with van der Waals surface area (Å²) in [4.78, 5) is 21.0. The topological polar surface area (TPSA) is 56.7 Å². The third-order valence-corrected chi connectivity index (χ3v) is 6.00. The van der Waals surface area contributed by atoms with Crippen molar-refractivity contribution in [2.75, 3.05) is 19.6 Å². The minimum Gasteiger partial charge on any atom is -0.508 e. The molecule has 2 aliphatic rings. The molecule has 2 aromatic rings. The van der Waals surface area contributed by atoms with Crippen LogP contribution in [0.5, 0.6) is 5.75 Å². The summed E-state index contributed by atoms with van der Waals surface area (Å²) in [6.45, 7) is 4.30. The Morgan fingerprint density at radius 2 is 1.85 bits per heavy atom. The number of phenolic OH excluding ortho intramolecular Hbond substituents is 1. The monoisotopic (exact) mass is 365 g/mol. The van der Waals surface area contributed by atoms with Gasteiger partial charge in [0.25, 0.3) is 0 Å². The van der Waals surface area contributed by atoms with E-state index in [1.165, 1.54) is 6.42 Å². The van der Waals surface area contributed by atoms with Crippen LogP contribution in [0, 0.1) is 5.41 Å². The van der Waals surface area contributed by atoms with E-state index in [1.54, 1.807) is 18.5 Å². The predicted octanol–water partition coefficient (Wildman–Crippen LogP) is 3.19. The zero-order chi connectivity index (χ0) is 18.7. The van der Waals surface area contributed by atoms with Gasteiger partial charge in [-0.3, -0.25) is 14.7 Å². The first-order valence-corrected chi connectivity index (χ1v) is 9.80. The van der Waals surface area contributed by atoms with Crippen LogP contribution < -0.4 is 0 Å². The van der Waals surface area contributed by atoms with Crippen LogP contribution in [0.4, 0.5) is 0 Å². The van der Waals surface area contributed by atoms with E-state index in [9.17, 15) is 9.90 Å². The first-order valence-electron chi connectivity index (χ1n) is 9.80. The highest BCUT2D eigenvalue weighted by atomic mass is 16.3. The maximum Gasteiger partial charge on any atom is 0.222 e. The molecular formula is C22H27N3O2. The molecule has 0 saturated carbocycles. The van der Waals surface area contributed by atoms with E-state index >= 15 is 0 Å². The standard InChI is InChI=1S/C22H27N3O2/c26-20-5-2-1-4-19(20)15-24-13-3-9-22(16-24)10-6-21(27)25(17-22)14-18-7-11-23-12-8-18/h1-2,4-5,7-8,11-12,26H,3,6,9-10,13-17H2/t22-/m0/s1. The van der Waals surface area contributed by atoms with Gasteiger partial charge in [-0.2, -0.15) is 0 Å². The highest BCUT2D eigenvalue weighted by Gasteiger charge is 2.41. The number of nitrogens with zero attached hydrogens (tertiary/aromatic N) is 3. The summed E-state index contributed by atoms with van der Waals surface area (Å²) in [6.07, 6.45) is 7.49. The summed E-state index contributed by atoms with van der Waals surface area (Å²) < 4.78 is 0. The number of piperidine rings is 2. The molecule has 5 nitrogen and oxygen atoms in total. The van der Waals surface area contributed by atoms with Crippen LogP contribution in [0.1, 0.15) is 36.8 Å². The normalized spacial score (nSPS) is 23.7. The van der Waals surface area contributed by atoms with E-state index in [1.807, 2.05) is 35.2 Å². The van der Waals surface area contributed by atoms with E-state index in [0.29, 0.717) is 18.7 Å². The fraction of sp³-hybridized carbons (Fsp3) is 0.455. The fourth-order valence-corrected chi connectivity index (χ4v) is 4.62.